The molecule has 160 valence electrons. The van der Waals surface area contributed by atoms with E-state index in [-0.39, 0.29) is 17.7 Å². The van der Waals surface area contributed by atoms with Crippen molar-refractivity contribution in [3.63, 3.8) is 0 Å². The van der Waals surface area contributed by atoms with Crippen LogP contribution < -0.4 is 14.8 Å². The molecule has 3 aromatic rings. The van der Waals surface area contributed by atoms with E-state index in [9.17, 15) is 4.79 Å². The van der Waals surface area contributed by atoms with Crippen molar-refractivity contribution in [3.05, 3.63) is 77.6 Å². The van der Waals surface area contributed by atoms with E-state index in [4.69, 9.17) is 14.6 Å². The summed E-state index contributed by atoms with van der Waals surface area (Å²) < 4.78 is 11.8. The van der Waals surface area contributed by atoms with E-state index in [0.29, 0.717) is 11.5 Å². The standard InChI is InChI=1S/C24H25N3O4/c1-30-21-13-10-17(15-22(21)31-19-5-2-3-6-19)23(20-7-4-14-25-27-20)26-18-11-8-16(9-12-18)24(28)29/h4,7-15,19,23,26H,2-3,5-6H2,1H3,(H,28,29). The Balaban J connectivity index is 1.67. The highest BCUT2D eigenvalue weighted by Gasteiger charge is 2.22. The highest BCUT2D eigenvalue weighted by atomic mass is 16.5. The van der Waals surface area contributed by atoms with E-state index in [1.54, 1.807) is 37.6 Å². The van der Waals surface area contributed by atoms with Gasteiger partial charge in [-0.05, 0) is 79.8 Å². The van der Waals surface area contributed by atoms with Gasteiger partial charge >= 0.3 is 5.97 Å². The van der Waals surface area contributed by atoms with E-state index < -0.39 is 5.97 Å². The van der Waals surface area contributed by atoms with Crippen molar-refractivity contribution in [2.75, 3.05) is 12.4 Å². The first kappa shape index (κ1) is 20.7. The summed E-state index contributed by atoms with van der Waals surface area (Å²) in [6.07, 6.45) is 6.30. The van der Waals surface area contributed by atoms with E-state index >= 15 is 0 Å². The Morgan fingerprint density at radius 2 is 1.87 bits per heavy atom. The normalized spacial score (nSPS) is 14.7. The molecule has 0 aliphatic heterocycles. The van der Waals surface area contributed by atoms with Crippen molar-refractivity contribution in [1.82, 2.24) is 10.2 Å². The number of carboxylic acids is 1. The molecule has 1 saturated carbocycles. The van der Waals surface area contributed by atoms with Crippen LogP contribution in [-0.2, 0) is 0 Å². The third-order valence-electron chi connectivity index (χ3n) is 5.45. The van der Waals surface area contributed by atoms with Gasteiger partial charge in [0.15, 0.2) is 11.5 Å². The van der Waals surface area contributed by atoms with Gasteiger partial charge in [0.2, 0.25) is 0 Å². The van der Waals surface area contributed by atoms with Gasteiger partial charge in [-0.15, -0.1) is 0 Å². The number of anilines is 1. The zero-order chi connectivity index (χ0) is 21.6. The molecule has 2 aromatic carbocycles. The summed E-state index contributed by atoms with van der Waals surface area (Å²) in [5.74, 6) is 0.448. The molecule has 0 spiro atoms. The zero-order valence-corrected chi connectivity index (χ0v) is 17.3. The molecule has 0 radical (unpaired) electrons. The first-order valence-corrected chi connectivity index (χ1v) is 10.4. The molecule has 1 aliphatic carbocycles. The summed E-state index contributed by atoms with van der Waals surface area (Å²) in [4.78, 5) is 11.2. The molecule has 1 fully saturated rings. The second-order valence-electron chi connectivity index (χ2n) is 7.54. The molecule has 0 bridgehead atoms. The second kappa shape index (κ2) is 9.47. The molecule has 7 heteroatoms. The lowest BCUT2D eigenvalue weighted by atomic mass is 10.0. The van der Waals surface area contributed by atoms with Crippen LogP contribution in [0.3, 0.4) is 0 Å². The van der Waals surface area contributed by atoms with Crippen LogP contribution >= 0.6 is 0 Å². The molecule has 1 aromatic heterocycles. The van der Waals surface area contributed by atoms with Gasteiger partial charge in [0.25, 0.3) is 0 Å². The van der Waals surface area contributed by atoms with Crippen molar-refractivity contribution in [3.8, 4) is 11.5 Å². The van der Waals surface area contributed by atoms with E-state index in [1.807, 2.05) is 30.3 Å². The fourth-order valence-electron chi connectivity index (χ4n) is 3.82. The number of carboxylic acid groups (broad SMARTS) is 1. The van der Waals surface area contributed by atoms with Crippen molar-refractivity contribution in [2.24, 2.45) is 0 Å². The first-order chi connectivity index (χ1) is 15.1. The number of ether oxygens (including phenoxy) is 2. The SMILES string of the molecule is COc1ccc(C(Nc2ccc(C(=O)O)cc2)c2cccnn2)cc1OC1CCCC1. The number of aromatic nitrogens is 2. The average Bonchev–Trinajstić information content (AvgIpc) is 3.31. The minimum atomic E-state index is -0.958. The fourth-order valence-corrected chi connectivity index (χ4v) is 3.82. The Hall–Kier alpha value is -3.61. The number of methoxy groups -OCH3 is 1. The lowest BCUT2D eigenvalue weighted by molar-refractivity contribution is 0.0697. The third kappa shape index (κ3) is 4.94. The Labute approximate surface area is 181 Å². The molecule has 1 unspecified atom stereocenters. The Kier molecular flexibility index (Phi) is 6.31. The number of hydrogen-bond donors (Lipinski definition) is 2. The van der Waals surface area contributed by atoms with Gasteiger partial charge < -0.3 is 19.9 Å². The number of nitrogens with one attached hydrogen (secondary N) is 1. The topological polar surface area (TPSA) is 93.6 Å². The lowest BCUT2D eigenvalue weighted by Gasteiger charge is -2.22. The number of nitrogens with zero attached hydrogens (tertiary/aromatic N) is 2. The van der Waals surface area contributed by atoms with Gasteiger partial charge in [-0.3, -0.25) is 0 Å². The minimum Gasteiger partial charge on any atom is -0.493 e. The van der Waals surface area contributed by atoms with Gasteiger partial charge in [0, 0.05) is 11.9 Å². The molecule has 2 N–H and O–H groups in total. The molecular formula is C24H25N3O4. The average molecular weight is 419 g/mol. The van der Waals surface area contributed by atoms with Crippen molar-refractivity contribution >= 4 is 11.7 Å². The van der Waals surface area contributed by atoms with E-state index in [1.165, 1.54) is 12.8 Å². The predicted molar refractivity (Wildman–Crippen MR) is 117 cm³/mol. The summed E-state index contributed by atoms with van der Waals surface area (Å²) in [7, 11) is 1.64. The first-order valence-electron chi connectivity index (χ1n) is 10.4. The maximum absolute atomic E-state index is 11.2. The van der Waals surface area contributed by atoms with Crippen molar-refractivity contribution < 1.29 is 19.4 Å². The smallest absolute Gasteiger partial charge is 0.335 e. The van der Waals surface area contributed by atoms with Crippen molar-refractivity contribution in [1.29, 1.82) is 0 Å². The summed E-state index contributed by atoms with van der Waals surface area (Å²) in [6, 6.07) is 15.9. The predicted octanol–water partition coefficient (Wildman–Crippen LogP) is 4.71. The maximum Gasteiger partial charge on any atom is 0.335 e. The van der Waals surface area contributed by atoms with Gasteiger partial charge in [0.1, 0.15) is 0 Å². The van der Waals surface area contributed by atoms with Crippen LogP contribution in [0.2, 0.25) is 0 Å². The van der Waals surface area contributed by atoms with Crippen LogP contribution in [0.4, 0.5) is 5.69 Å². The summed E-state index contributed by atoms with van der Waals surface area (Å²) >= 11 is 0. The Morgan fingerprint density at radius 3 is 2.52 bits per heavy atom. The Morgan fingerprint density at radius 1 is 1.10 bits per heavy atom. The van der Waals surface area contributed by atoms with E-state index in [0.717, 1.165) is 29.8 Å². The molecule has 0 saturated heterocycles. The number of hydrogen-bond acceptors (Lipinski definition) is 6. The molecule has 1 aliphatic rings. The number of carbonyl (C=O) groups is 1. The number of benzene rings is 2. The zero-order valence-electron chi connectivity index (χ0n) is 17.3. The number of rotatable bonds is 8. The lowest BCUT2D eigenvalue weighted by Crippen LogP contribution is -2.16. The Bertz CT molecular complexity index is 1020. The quantitative estimate of drug-likeness (QED) is 0.546. The molecule has 1 atom stereocenters. The van der Waals surface area contributed by atoms with Crippen LogP contribution in [0.5, 0.6) is 11.5 Å². The highest BCUT2D eigenvalue weighted by molar-refractivity contribution is 5.88. The second-order valence-corrected chi connectivity index (χ2v) is 7.54. The third-order valence-corrected chi connectivity index (χ3v) is 5.45. The van der Waals surface area contributed by atoms with Gasteiger partial charge in [-0.25, -0.2) is 4.79 Å². The fraction of sp³-hybridized carbons (Fsp3) is 0.292. The monoisotopic (exact) mass is 419 g/mol. The van der Waals surface area contributed by atoms with Crippen molar-refractivity contribution in [2.45, 2.75) is 37.8 Å². The summed E-state index contributed by atoms with van der Waals surface area (Å²) in [5, 5.41) is 20.9. The molecule has 4 rings (SSSR count). The van der Waals surface area contributed by atoms with Gasteiger partial charge in [-0.1, -0.05) is 6.07 Å². The van der Waals surface area contributed by atoms with Gasteiger partial charge in [-0.2, -0.15) is 10.2 Å². The van der Waals surface area contributed by atoms with Crippen LogP contribution in [0, 0.1) is 0 Å². The van der Waals surface area contributed by atoms with Crippen LogP contribution in [-0.4, -0.2) is 34.5 Å². The molecule has 0 amide bonds. The summed E-state index contributed by atoms with van der Waals surface area (Å²) in [5.41, 5.74) is 2.69. The highest BCUT2D eigenvalue weighted by Crippen LogP contribution is 2.36. The molecule has 7 nitrogen and oxygen atoms in total. The van der Waals surface area contributed by atoms with Crippen LogP contribution in [0.1, 0.15) is 53.3 Å². The van der Waals surface area contributed by atoms with Gasteiger partial charge in [0.05, 0.1) is 30.5 Å². The minimum absolute atomic E-state index is 0.204. The molecule has 31 heavy (non-hydrogen) atoms. The summed E-state index contributed by atoms with van der Waals surface area (Å²) in [6.45, 7) is 0. The maximum atomic E-state index is 11.2. The molecular weight excluding hydrogens is 394 g/mol. The van der Waals surface area contributed by atoms with Crippen LogP contribution in [0.15, 0.2) is 60.8 Å². The number of aromatic carboxylic acids is 1. The largest absolute Gasteiger partial charge is 0.493 e. The molecule has 1 heterocycles. The van der Waals surface area contributed by atoms with E-state index in [2.05, 4.69) is 15.5 Å². The van der Waals surface area contributed by atoms with Crippen LogP contribution in [0.25, 0.3) is 0 Å².